The number of nitrogens with zero attached hydrogens (tertiary/aromatic N) is 1. The fourth-order valence-electron chi connectivity index (χ4n) is 3.43. The number of thiocarbonyl (C=S) groups is 1. The molecule has 0 bridgehead atoms. The van der Waals surface area contributed by atoms with Gasteiger partial charge in [0.2, 0.25) is 0 Å². The Balaban J connectivity index is 1.67. The zero-order chi connectivity index (χ0) is 23.0. The van der Waals surface area contributed by atoms with Gasteiger partial charge in [-0.05, 0) is 68.4 Å². The standard InChI is InChI=1S/C25H20N2O4S/c1-14-4-5-15(2)21(12-14)27-24(30)20(23(29)26-25(27)32)13-19-10-11-22(31-19)18-8-6-17(7-9-18)16(3)28/h4-13H,1-3H3,(H,26,29,32)/b20-13-. The SMILES string of the molecule is CC(=O)c1ccc(-c2ccc(/C=C3/C(=O)NC(=S)N(c4cc(C)ccc4C)C3=O)o2)cc1. The molecule has 1 N–H and O–H groups in total. The Kier molecular flexibility index (Phi) is 5.59. The van der Waals surface area contributed by atoms with Crippen LogP contribution in [-0.4, -0.2) is 22.7 Å². The van der Waals surface area contributed by atoms with Crippen molar-refractivity contribution in [1.82, 2.24) is 5.32 Å². The summed E-state index contributed by atoms with van der Waals surface area (Å²) < 4.78 is 5.84. The number of rotatable bonds is 4. The predicted octanol–water partition coefficient (Wildman–Crippen LogP) is 4.60. The quantitative estimate of drug-likeness (QED) is 0.275. The van der Waals surface area contributed by atoms with Crippen LogP contribution in [0.1, 0.15) is 34.2 Å². The minimum absolute atomic E-state index is 0.0189. The Bertz CT molecular complexity index is 1300. The maximum absolute atomic E-state index is 13.2. The number of hydrogen-bond donors (Lipinski definition) is 1. The van der Waals surface area contributed by atoms with E-state index in [0.717, 1.165) is 16.7 Å². The average molecular weight is 445 g/mol. The summed E-state index contributed by atoms with van der Waals surface area (Å²) in [7, 11) is 0. The van der Waals surface area contributed by atoms with E-state index >= 15 is 0 Å². The Morgan fingerprint density at radius 1 is 1.03 bits per heavy atom. The molecule has 2 aromatic carbocycles. The summed E-state index contributed by atoms with van der Waals surface area (Å²) in [4.78, 5) is 38.6. The van der Waals surface area contributed by atoms with E-state index in [1.807, 2.05) is 32.0 Å². The molecule has 0 aliphatic carbocycles. The van der Waals surface area contributed by atoms with Gasteiger partial charge in [-0.15, -0.1) is 0 Å². The third kappa shape index (κ3) is 4.02. The van der Waals surface area contributed by atoms with Gasteiger partial charge in [-0.3, -0.25) is 24.6 Å². The van der Waals surface area contributed by atoms with Crippen molar-refractivity contribution in [2.75, 3.05) is 4.90 Å². The summed E-state index contributed by atoms with van der Waals surface area (Å²) >= 11 is 5.28. The molecule has 4 rings (SSSR count). The molecule has 0 unspecified atom stereocenters. The third-order valence-electron chi connectivity index (χ3n) is 5.20. The first-order valence-corrected chi connectivity index (χ1v) is 10.4. The summed E-state index contributed by atoms with van der Waals surface area (Å²) in [5, 5.41) is 2.62. The highest BCUT2D eigenvalue weighted by Crippen LogP contribution is 2.28. The molecule has 6 nitrogen and oxygen atoms in total. The Labute approximate surface area is 190 Å². The molecule has 1 aromatic heterocycles. The van der Waals surface area contributed by atoms with Crippen LogP contribution in [0.5, 0.6) is 0 Å². The minimum Gasteiger partial charge on any atom is -0.457 e. The molecule has 1 aliphatic heterocycles. The van der Waals surface area contributed by atoms with Crippen molar-refractivity contribution in [1.29, 1.82) is 0 Å². The number of carbonyl (C=O) groups excluding carboxylic acids is 3. The number of aryl methyl sites for hydroxylation is 2. The first-order valence-electron chi connectivity index (χ1n) is 9.94. The number of Topliss-reactive ketones (excluding diaryl/α,β-unsaturated/α-hetero) is 1. The fraction of sp³-hybridized carbons (Fsp3) is 0.120. The maximum Gasteiger partial charge on any atom is 0.270 e. The molecular formula is C25H20N2O4S. The van der Waals surface area contributed by atoms with Gasteiger partial charge in [-0.25, -0.2) is 0 Å². The summed E-state index contributed by atoms with van der Waals surface area (Å²) in [6.45, 7) is 5.30. The number of ketones is 1. The van der Waals surface area contributed by atoms with Gasteiger partial charge in [0.15, 0.2) is 10.9 Å². The molecule has 1 fully saturated rings. The Morgan fingerprint density at radius 2 is 1.75 bits per heavy atom. The highest BCUT2D eigenvalue weighted by atomic mass is 32.1. The molecular weight excluding hydrogens is 424 g/mol. The monoisotopic (exact) mass is 444 g/mol. The zero-order valence-corrected chi connectivity index (χ0v) is 18.6. The largest absolute Gasteiger partial charge is 0.457 e. The minimum atomic E-state index is -0.578. The van der Waals surface area contributed by atoms with Crippen molar-refractivity contribution < 1.29 is 18.8 Å². The van der Waals surface area contributed by atoms with E-state index < -0.39 is 11.8 Å². The summed E-state index contributed by atoms with van der Waals surface area (Å²) in [6.07, 6.45) is 1.41. The van der Waals surface area contributed by atoms with Crippen molar-refractivity contribution in [2.24, 2.45) is 0 Å². The van der Waals surface area contributed by atoms with Gasteiger partial charge in [0.05, 0.1) is 5.69 Å². The van der Waals surface area contributed by atoms with E-state index in [9.17, 15) is 14.4 Å². The molecule has 1 saturated heterocycles. The van der Waals surface area contributed by atoms with Gasteiger partial charge < -0.3 is 4.42 Å². The second-order valence-corrected chi connectivity index (χ2v) is 7.97. The van der Waals surface area contributed by atoms with E-state index in [0.29, 0.717) is 22.8 Å². The summed E-state index contributed by atoms with van der Waals surface area (Å²) in [6, 6.07) is 16.1. The van der Waals surface area contributed by atoms with Gasteiger partial charge in [0.1, 0.15) is 17.1 Å². The van der Waals surface area contributed by atoms with Crippen LogP contribution in [-0.2, 0) is 9.59 Å². The fourth-order valence-corrected chi connectivity index (χ4v) is 3.71. The molecule has 7 heteroatoms. The number of carbonyl (C=O) groups is 3. The van der Waals surface area contributed by atoms with Crippen molar-refractivity contribution >= 4 is 46.7 Å². The van der Waals surface area contributed by atoms with Crippen molar-refractivity contribution in [3.05, 3.63) is 82.6 Å². The second kappa shape index (κ2) is 8.36. The number of nitrogens with one attached hydrogen (secondary N) is 1. The van der Waals surface area contributed by atoms with E-state index in [2.05, 4.69) is 5.32 Å². The van der Waals surface area contributed by atoms with Gasteiger partial charge in [0, 0.05) is 11.1 Å². The third-order valence-corrected chi connectivity index (χ3v) is 5.48. The van der Waals surface area contributed by atoms with Gasteiger partial charge in [-0.1, -0.05) is 36.4 Å². The van der Waals surface area contributed by atoms with Crippen molar-refractivity contribution in [2.45, 2.75) is 20.8 Å². The Hall–Kier alpha value is -3.84. The van der Waals surface area contributed by atoms with Crippen LogP contribution in [0.2, 0.25) is 0 Å². The van der Waals surface area contributed by atoms with Crippen LogP contribution in [0.25, 0.3) is 17.4 Å². The number of hydrogen-bond acceptors (Lipinski definition) is 5. The average Bonchev–Trinajstić information content (AvgIpc) is 3.22. The van der Waals surface area contributed by atoms with E-state index in [4.69, 9.17) is 16.6 Å². The number of anilines is 1. The van der Waals surface area contributed by atoms with Gasteiger partial charge in [-0.2, -0.15) is 0 Å². The van der Waals surface area contributed by atoms with Crippen LogP contribution in [0.3, 0.4) is 0 Å². The smallest absolute Gasteiger partial charge is 0.270 e. The second-order valence-electron chi connectivity index (χ2n) is 7.58. The van der Waals surface area contributed by atoms with Crippen LogP contribution in [0.15, 0.2) is 64.6 Å². The van der Waals surface area contributed by atoms with Crippen molar-refractivity contribution in [3.63, 3.8) is 0 Å². The van der Waals surface area contributed by atoms with Gasteiger partial charge >= 0.3 is 0 Å². The van der Waals surface area contributed by atoms with Crippen LogP contribution in [0.4, 0.5) is 5.69 Å². The van der Waals surface area contributed by atoms with Crippen LogP contribution < -0.4 is 10.2 Å². The van der Waals surface area contributed by atoms with Gasteiger partial charge in [0.25, 0.3) is 11.8 Å². The molecule has 0 radical (unpaired) electrons. The summed E-state index contributed by atoms with van der Waals surface area (Å²) in [5.74, 6) is -0.212. The molecule has 1 aliphatic rings. The highest BCUT2D eigenvalue weighted by molar-refractivity contribution is 7.80. The molecule has 32 heavy (non-hydrogen) atoms. The lowest BCUT2D eigenvalue weighted by molar-refractivity contribution is -0.122. The lowest BCUT2D eigenvalue weighted by atomic mass is 10.1. The van der Waals surface area contributed by atoms with Crippen molar-refractivity contribution in [3.8, 4) is 11.3 Å². The molecule has 160 valence electrons. The highest BCUT2D eigenvalue weighted by Gasteiger charge is 2.35. The van der Waals surface area contributed by atoms with Crippen LogP contribution in [0, 0.1) is 13.8 Å². The number of amides is 2. The number of benzene rings is 2. The molecule has 0 saturated carbocycles. The molecule has 3 aromatic rings. The van der Waals surface area contributed by atoms with E-state index in [1.54, 1.807) is 36.4 Å². The predicted molar refractivity (Wildman–Crippen MR) is 126 cm³/mol. The lowest BCUT2D eigenvalue weighted by Crippen LogP contribution is -2.54. The maximum atomic E-state index is 13.2. The Morgan fingerprint density at radius 3 is 2.44 bits per heavy atom. The zero-order valence-electron chi connectivity index (χ0n) is 17.8. The lowest BCUT2D eigenvalue weighted by Gasteiger charge is -2.30. The van der Waals surface area contributed by atoms with E-state index in [1.165, 1.54) is 17.9 Å². The van der Waals surface area contributed by atoms with E-state index in [-0.39, 0.29) is 16.5 Å². The first-order chi connectivity index (χ1) is 15.2. The summed E-state index contributed by atoms with van der Waals surface area (Å²) in [5.41, 5.74) is 3.75. The van der Waals surface area contributed by atoms with Crippen LogP contribution >= 0.6 is 12.2 Å². The first kappa shape index (κ1) is 21.4. The topological polar surface area (TPSA) is 79.6 Å². The number of furan rings is 1. The molecule has 0 atom stereocenters. The molecule has 2 amide bonds. The normalized spacial score (nSPS) is 15.3. The molecule has 2 heterocycles. The molecule has 0 spiro atoms.